The summed E-state index contributed by atoms with van der Waals surface area (Å²) < 4.78 is 0. The number of phenolic OH excluding ortho intramolecular Hbond substituents is 1. The number of halogens is 1. The molecule has 2 heterocycles. The van der Waals surface area contributed by atoms with E-state index in [2.05, 4.69) is 10.2 Å². The Kier molecular flexibility index (Phi) is 5.97. The summed E-state index contributed by atoms with van der Waals surface area (Å²) in [5, 5.41) is 14.6. The minimum absolute atomic E-state index is 0. The van der Waals surface area contributed by atoms with Crippen LogP contribution in [0.4, 0.5) is 0 Å². The van der Waals surface area contributed by atoms with E-state index in [0.29, 0.717) is 23.4 Å². The van der Waals surface area contributed by atoms with Crippen LogP contribution in [0.3, 0.4) is 0 Å². The molecule has 3 rings (SSSR count). The lowest BCUT2D eigenvalue weighted by Gasteiger charge is -2.34. The van der Waals surface area contributed by atoms with Crippen LogP contribution in [-0.2, 0) is 6.42 Å². The van der Waals surface area contributed by atoms with E-state index in [4.69, 9.17) is 18.0 Å². The van der Waals surface area contributed by atoms with Crippen LogP contribution in [0.2, 0.25) is 0 Å². The van der Waals surface area contributed by atoms with Crippen LogP contribution in [0.5, 0.6) is 5.75 Å². The predicted molar refractivity (Wildman–Crippen MR) is 96.5 cm³/mol. The summed E-state index contributed by atoms with van der Waals surface area (Å²) in [5.74, 6) is 1.30. The molecule has 2 aliphatic rings. The monoisotopic (exact) mass is 356 g/mol. The lowest BCUT2D eigenvalue weighted by atomic mass is 10.0. The topological polar surface area (TPSA) is 63.6 Å². The van der Waals surface area contributed by atoms with Crippen LogP contribution in [0.1, 0.15) is 18.4 Å². The molecule has 0 aliphatic carbocycles. The van der Waals surface area contributed by atoms with E-state index in [-0.39, 0.29) is 12.4 Å². The molecule has 1 atom stereocenters. The van der Waals surface area contributed by atoms with Crippen molar-refractivity contribution in [2.24, 2.45) is 5.73 Å². The van der Waals surface area contributed by atoms with Crippen molar-refractivity contribution in [2.75, 3.05) is 12.3 Å². The first-order chi connectivity index (χ1) is 10.2. The largest absolute Gasteiger partial charge is 0.508 e. The van der Waals surface area contributed by atoms with Crippen molar-refractivity contribution < 1.29 is 5.11 Å². The molecule has 0 aromatic heterocycles. The van der Waals surface area contributed by atoms with Gasteiger partial charge < -0.3 is 15.7 Å². The van der Waals surface area contributed by atoms with Gasteiger partial charge in [-0.15, -0.1) is 24.2 Å². The van der Waals surface area contributed by atoms with Gasteiger partial charge in [-0.1, -0.05) is 0 Å². The Morgan fingerprint density at radius 3 is 3.05 bits per heavy atom. The van der Waals surface area contributed by atoms with Gasteiger partial charge in [-0.3, -0.25) is 0 Å². The Labute approximate surface area is 146 Å². The van der Waals surface area contributed by atoms with Crippen LogP contribution in [0.25, 0.3) is 0 Å². The van der Waals surface area contributed by atoms with E-state index in [0.717, 1.165) is 25.0 Å². The van der Waals surface area contributed by atoms with Crippen molar-refractivity contribution in [1.29, 1.82) is 0 Å². The zero-order valence-corrected chi connectivity index (χ0v) is 14.5. The smallest absolute Gasteiger partial charge is 0.200 e. The standard InChI is InChI=1S/C15H18N3OS2.ClH/c16-5-1-2-11-8-17-15(20)18(11)12-6-10-7-13(19)3-4-14(10)21-9-12;/h3-4,7-8,12,19H,1-2,5-6,9,16H2;1H/t12-;/m1./s1. The maximum Gasteiger partial charge on any atom is 0.200 e. The van der Waals surface area contributed by atoms with Gasteiger partial charge in [-0.05, 0) is 61.8 Å². The molecule has 119 valence electrons. The fraction of sp³-hybridized carbons (Fsp3) is 0.400. The molecule has 2 aliphatic heterocycles. The molecule has 0 saturated carbocycles. The summed E-state index contributed by atoms with van der Waals surface area (Å²) in [5.41, 5.74) is 7.95. The third-order valence-corrected chi connectivity index (χ3v) is 5.34. The third-order valence-electron chi connectivity index (χ3n) is 3.77. The van der Waals surface area contributed by atoms with E-state index in [1.54, 1.807) is 6.07 Å². The Bertz CT molecular complexity index is 594. The Hall–Kier alpha value is -0.950. The highest BCUT2D eigenvalue weighted by Crippen LogP contribution is 2.36. The fourth-order valence-corrected chi connectivity index (χ4v) is 4.22. The minimum atomic E-state index is 0. The van der Waals surface area contributed by atoms with E-state index in [1.807, 2.05) is 30.1 Å². The molecule has 0 unspecified atom stereocenters. The van der Waals surface area contributed by atoms with Crippen LogP contribution in [0.15, 0.2) is 35.0 Å². The third kappa shape index (κ3) is 3.51. The maximum absolute atomic E-state index is 9.67. The first kappa shape index (κ1) is 17.4. The second-order valence-electron chi connectivity index (χ2n) is 5.26. The first-order valence-electron chi connectivity index (χ1n) is 7.07. The van der Waals surface area contributed by atoms with Gasteiger partial charge in [0.25, 0.3) is 0 Å². The molecule has 0 spiro atoms. The summed E-state index contributed by atoms with van der Waals surface area (Å²) in [6, 6.07) is 5.89. The molecular formula is C15H19ClN3OS2. The Balaban J connectivity index is 0.00000176. The number of thioether (sulfide) groups is 1. The number of thiocarbonyl (C=S) groups is 1. The van der Waals surface area contributed by atoms with Crippen molar-refractivity contribution in [3.63, 3.8) is 0 Å². The van der Waals surface area contributed by atoms with Gasteiger partial charge >= 0.3 is 0 Å². The molecule has 4 nitrogen and oxygen atoms in total. The SMILES string of the molecule is Cl.NCCCC1=C[N]C(=S)N1[C@H]1CSc2ccc(O)cc2C1. The number of rotatable bonds is 4. The Morgan fingerprint density at radius 2 is 2.27 bits per heavy atom. The van der Waals surface area contributed by atoms with Gasteiger partial charge in [-0.25, -0.2) is 5.32 Å². The highest BCUT2D eigenvalue weighted by Gasteiger charge is 2.32. The first-order valence-corrected chi connectivity index (χ1v) is 8.46. The van der Waals surface area contributed by atoms with Crippen molar-refractivity contribution in [3.8, 4) is 5.75 Å². The number of fused-ring (bicyclic) bond motifs is 1. The molecule has 0 bridgehead atoms. The van der Waals surface area contributed by atoms with Gasteiger partial charge in [0.1, 0.15) is 5.75 Å². The molecule has 1 aromatic rings. The zero-order valence-electron chi connectivity index (χ0n) is 12.1. The lowest BCUT2D eigenvalue weighted by Crippen LogP contribution is -2.41. The zero-order chi connectivity index (χ0) is 14.8. The van der Waals surface area contributed by atoms with Crippen LogP contribution >= 0.6 is 36.4 Å². The number of hydrogen-bond acceptors (Lipinski definition) is 4. The number of aromatic hydroxyl groups is 1. The number of nitrogens with zero attached hydrogens (tertiary/aromatic N) is 2. The number of allylic oxidation sites excluding steroid dienone is 1. The maximum atomic E-state index is 9.67. The molecule has 1 radical (unpaired) electrons. The van der Waals surface area contributed by atoms with Crippen LogP contribution in [0, 0.1) is 0 Å². The summed E-state index contributed by atoms with van der Waals surface area (Å²) in [6.07, 6.45) is 4.61. The minimum Gasteiger partial charge on any atom is -0.508 e. The quantitative estimate of drug-likeness (QED) is 0.812. The lowest BCUT2D eigenvalue weighted by molar-refractivity contribution is 0.391. The summed E-state index contributed by atoms with van der Waals surface area (Å²) in [4.78, 5) is 3.42. The van der Waals surface area contributed by atoms with E-state index < -0.39 is 0 Å². The molecule has 0 amide bonds. The van der Waals surface area contributed by atoms with Gasteiger partial charge in [0, 0.05) is 28.6 Å². The average Bonchev–Trinajstić information content (AvgIpc) is 2.85. The molecule has 0 fully saturated rings. The average molecular weight is 357 g/mol. The predicted octanol–water partition coefficient (Wildman–Crippen LogP) is 2.62. The van der Waals surface area contributed by atoms with Crippen molar-refractivity contribution in [2.45, 2.75) is 30.2 Å². The van der Waals surface area contributed by atoms with Crippen molar-refractivity contribution >= 4 is 41.5 Å². The summed E-state index contributed by atoms with van der Waals surface area (Å²) in [7, 11) is 0. The van der Waals surface area contributed by atoms with Gasteiger partial charge in [0.2, 0.25) is 0 Å². The van der Waals surface area contributed by atoms with Crippen molar-refractivity contribution in [1.82, 2.24) is 10.2 Å². The highest BCUT2D eigenvalue weighted by molar-refractivity contribution is 7.99. The number of benzene rings is 1. The molecule has 0 saturated heterocycles. The molecule has 1 aromatic carbocycles. The van der Waals surface area contributed by atoms with E-state index in [1.165, 1.54) is 16.2 Å². The number of hydrogen-bond donors (Lipinski definition) is 2. The summed E-state index contributed by atoms with van der Waals surface area (Å²) >= 11 is 7.20. The Morgan fingerprint density at radius 1 is 1.45 bits per heavy atom. The molecular weight excluding hydrogens is 338 g/mol. The van der Waals surface area contributed by atoms with Gasteiger partial charge in [0.05, 0.1) is 0 Å². The molecule has 7 heteroatoms. The van der Waals surface area contributed by atoms with Crippen molar-refractivity contribution in [3.05, 3.63) is 35.7 Å². The highest BCUT2D eigenvalue weighted by atomic mass is 35.5. The molecule has 22 heavy (non-hydrogen) atoms. The second kappa shape index (κ2) is 7.55. The number of nitrogens with two attached hydrogens (primary N) is 1. The van der Waals surface area contributed by atoms with Gasteiger partial charge in [0.15, 0.2) is 5.11 Å². The molecule has 3 N–H and O–H groups in total. The van der Waals surface area contributed by atoms with E-state index >= 15 is 0 Å². The fourth-order valence-electron chi connectivity index (χ4n) is 2.77. The second-order valence-corrected chi connectivity index (χ2v) is 6.68. The van der Waals surface area contributed by atoms with Gasteiger partial charge in [-0.2, -0.15) is 0 Å². The van der Waals surface area contributed by atoms with Crippen LogP contribution < -0.4 is 11.1 Å². The van der Waals surface area contributed by atoms with Crippen LogP contribution in [-0.4, -0.2) is 33.5 Å². The number of phenols is 1. The van der Waals surface area contributed by atoms with E-state index in [9.17, 15) is 5.11 Å². The normalized spacial score (nSPS) is 20.0. The summed E-state index contributed by atoms with van der Waals surface area (Å²) in [6.45, 7) is 0.675.